The van der Waals surface area contributed by atoms with Crippen molar-refractivity contribution in [2.24, 2.45) is 5.92 Å². The summed E-state index contributed by atoms with van der Waals surface area (Å²) in [5.41, 5.74) is 0.734. The van der Waals surface area contributed by atoms with Gasteiger partial charge in [-0.3, -0.25) is 4.79 Å². The topological polar surface area (TPSA) is 62.2 Å². The zero-order valence-corrected chi connectivity index (χ0v) is 10.1. The molecule has 0 aliphatic heterocycles. The van der Waals surface area contributed by atoms with Crippen molar-refractivity contribution < 1.29 is 9.90 Å². The predicted molar refractivity (Wildman–Crippen MR) is 68.8 cm³/mol. The van der Waals surface area contributed by atoms with Gasteiger partial charge in [-0.15, -0.1) is 0 Å². The Kier molecular flexibility index (Phi) is 4.32. The first kappa shape index (κ1) is 12.6. The van der Waals surface area contributed by atoms with E-state index in [1.807, 2.05) is 0 Å². The molecule has 0 atom stereocenters. The number of aliphatic hydroxyl groups excluding tert-OH is 1. The van der Waals surface area contributed by atoms with Crippen LogP contribution in [0.25, 0.3) is 0 Å². The number of carbonyl (C=O) groups excluding carboxylic acids is 1. The molecule has 18 heavy (non-hydrogen) atoms. The number of nitrogens with zero attached hydrogens (tertiary/aromatic N) is 1. The summed E-state index contributed by atoms with van der Waals surface area (Å²) >= 11 is 0. The first-order chi connectivity index (χ1) is 8.78. The van der Waals surface area contributed by atoms with E-state index in [4.69, 9.17) is 5.11 Å². The van der Waals surface area contributed by atoms with Crippen LogP contribution in [0.4, 0.5) is 5.82 Å². The minimum absolute atomic E-state index is 0.0134. The minimum atomic E-state index is -0.175. The van der Waals surface area contributed by atoms with Gasteiger partial charge in [0.15, 0.2) is 0 Å². The quantitative estimate of drug-likeness (QED) is 0.793. The zero-order chi connectivity index (χ0) is 12.8. The molecule has 1 aliphatic carbocycles. The zero-order valence-electron chi connectivity index (χ0n) is 10.1. The molecule has 0 unspecified atom stereocenters. The maximum Gasteiger partial charge on any atom is 0.225 e. The van der Waals surface area contributed by atoms with E-state index in [0.717, 1.165) is 18.4 Å². The van der Waals surface area contributed by atoms with E-state index in [1.54, 1.807) is 18.3 Å². The molecule has 0 aromatic carbocycles. The van der Waals surface area contributed by atoms with Crippen molar-refractivity contribution in [3.05, 3.63) is 23.9 Å². The van der Waals surface area contributed by atoms with E-state index in [2.05, 4.69) is 22.1 Å². The summed E-state index contributed by atoms with van der Waals surface area (Å²) in [5.74, 6) is 6.42. The molecule has 1 fully saturated rings. The molecule has 0 spiro atoms. The van der Waals surface area contributed by atoms with Gasteiger partial charge in [0.05, 0.1) is 0 Å². The van der Waals surface area contributed by atoms with Crippen LogP contribution >= 0.6 is 0 Å². The number of aliphatic hydroxyl groups is 1. The lowest BCUT2D eigenvalue weighted by atomic mass is 9.83. The maximum absolute atomic E-state index is 11.7. The molecule has 1 heterocycles. The fourth-order valence-corrected chi connectivity index (χ4v) is 1.87. The summed E-state index contributed by atoms with van der Waals surface area (Å²) in [6.07, 6.45) is 5.72. The molecule has 2 N–H and O–H groups in total. The smallest absolute Gasteiger partial charge is 0.225 e. The van der Waals surface area contributed by atoms with Gasteiger partial charge in [0.1, 0.15) is 12.4 Å². The number of carbonyl (C=O) groups is 1. The second-order valence-corrected chi connectivity index (χ2v) is 4.44. The van der Waals surface area contributed by atoms with Gasteiger partial charge in [-0.05, 0) is 30.9 Å². The number of amides is 1. The molecule has 2 rings (SSSR count). The molecule has 1 aliphatic rings. The first-order valence-electron chi connectivity index (χ1n) is 6.13. The van der Waals surface area contributed by atoms with E-state index in [9.17, 15) is 4.79 Å². The average Bonchev–Trinajstić information content (AvgIpc) is 2.32. The second-order valence-electron chi connectivity index (χ2n) is 4.44. The van der Waals surface area contributed by atoms with Gasteiger partial charge in [-0.25, -0.2) is 4.98 Å². The van der Waals surface area contributed by atoms with Gasteiger partial charge >= 0.3 is 0 Å². The van der Waals surface area contributed by atoms with Crippen LogP contribution in [0.1, 0.15) is 31.2 Å². The lowest BCUT2D eigenvalue weighted by Crippen LogP contribution is -2.21. The van der Waals surface area contributed by atoms with Crippen molar-refractivity contribution in [1.82, 2.24) is 4.98 Å². The third-order valence-electron chi connectivity index (χ3n) is 3.04. The van der Waals surface area contributed by atoms with Crippen LogP contribution in [0, 0.1) is 17.8 Å². The van der Waals surface area contributed by atoms with Gasteiger partial charge in [-0.1, -0.05) is 18.3 Å². The van der Waals surface area contributed by atoms with Gasteiger partial charge in [0, 0.05) is 18.2 Å². The van der Waals surface area contributed by atoms with Gasteiger partial charge in [0.25, 0.3) is 0 Å². The van der Waals surface area contributed by atoms with Crippen LogP contribution in [0.15, 0.2) is 18.3 Å². The molecule has 0 bridgehead atoms. The van der Waals surface area contributed by atoms with Crippen molar-refractivity contribution >= 4 is 11.7 Å². The molecule has 94 valence electrons. The highest BCUT2D eigenvalue weighted by Crippen LogP contribution is 2.29. The van der Waals surface area contributed by atoms with E-state index >= 15 is 0 Å². The molecule has 1 amide bonds. The Bertz CT molecular complexity index is 484. The molecule has 1 aromatic heterocycles. The summed E-state index contributed by atoms with van der Waals surface area (Å²) < 4.78 is 0. The van der Waals surface area contributed by atoms with Crippen molar-refractivity contribution in [2.75, 3.05) is 11.9 Å². The summed E-state index contributed by atoms with van der Waals surface area (Å²) in [6.45, 7) is -0.175. The number of anilines is 1. The number of aromatic nitrogens is 1. The molecular weight excluding hydrogens is 228 g/mol. The number of nitrogens with one attached hydrogen (secondary N) is 1. The first-order valence-corrected chi connectivity index (χ1v) is 6.13. The molecular formula is C14H16N2O2. The molecule has 0 saturated heterocycles. The Morgan fingerprint density at radius 3 is 3.06 bits per heavy atom. The summed E-state index contributed by atoms with van der Waals surface area (Å²) in [7, 11) is 0. The van der Waals surface area contributed by atoms with Crippen molar-refractivity contribution in [2.45, 2.75) is 25.7 Å². The number of hydrogen-bond donors (Lipinski definition) is 2. The Labute approximate surface area is 106 Å². The van der Waals surface area contributed by atoms with E-state index in [-0.39, 0.29) is 12.5 Å². The molecule has 1 aromatic rings. The Balaban J connectivity index is 1.93. The highest BCUT2D eigenvalue weighted by atomic mass is 16.2. The van der Waals surface area contributed by atoms with Crippen LogP contribution in [0.5, 0.6) is 0 Å². The molecule has 0 radical (unpaired) electrons. The fourth-order valence-electron chi connectivity index (χ4n) is 1.87. The van der Waals surface area contributed by atoms with Crippen molar-refractivity contribution in [1.29, 1.82) is 0 Å². The van der Waals surface area contributed by atoms with Crippen LogP contribution in [0.2, 0.25) is 0 Å². The normalized spacial score (nSPS) is 14.3. The summed E-state index contributed by atoms with van der Waals surface area (Å²) in [4.78, 5) is 15.8. The van der Waals surface area contributed by atoms with Gasteiger partial charge in [-0.2, -0.15) is 0 Å². The minimum Gasteiger partial charge on any atom is -0.384 e. The highest BCUT2D eigenvalue weighted by molar-refractivity contribution is 5.90. The average molecular weight is 244 g/mol. The van der Waals surface area contributed by atoms with E-state index in [1.165, 1.54) is 6.42 Å². The summed E-state index contributed by atoms with van der Waals surface area (Å²) in [5, 5.41) is 11.4. The Morgan fingerprint density at radius 2 is 2.39 bits per heavy atom. The highest BCUT2D eigenvalue weighted by Gasteiger charge is 2.20. The van der Waals surface area contributed by atoms with Crippen LogP contribution < -0.4 is 5.32 Å². The summed E-state index contributed by atoms with van der Waals surface area (Å²) in [6, 6.07) is 3.45. The van der Waals surface area contributed by atoms with Gasteiger partial charge in [0.2, 0.25) is 5.91 Å². The molecule has 4 nitrogen and oxygen atoms in total. The van der Waals surface area contributed by atoms with Gasteiger partial charge < -0.3 is 10.4 Å². The largest absolute Gasteiger partial charge is 0.384 e. The molecule has 4 heteroatoms. The lowest BCUT2D eigenvalue weighted by molar-refractivity contribution is -0.117. The number of rotatable bonds is 3. The van der Waals surface area contributed by atoms with Crippen LogP contribution in [-0.2, 0) is 4.79 Å². The Hall–Kier alpha value is -1.86. The molecule has 1 saturated carbocycles. The van der Waals surface area contributed by atoms with E-state index < -0.39 is 0 Å². The SMILES string of the molecule is O=C(CC1CCC1)Nc1cc(C#CCO)ccn1. The number of hydrogen-bond acceptors (Lipinski definition) is 3. The predicted octanol–water partition coefficient (Wildman–Crippen LogP) is 1.55. The third-order valence-corrected chi connectivity index (χ3v) is 3.04. The van der Waals surface area contributed by atoms with Crippen molar-refractivity contribution in [3.8, 4) is 11.8 Å². The number of pyridine rings is 1. The van der Waals surface area contributed by atoms with Crippen LogP contribution in [-0.4, -0.2) is 22.6 Å². The maximum atomic E-state index is 11.7. The second kappa shape index (κ2) is 6.18. The lowest BCUT2D eigenvalue weighted by Gasteiger charge is -2.24. The fraction of sp³-hybridized carbons (Fsp3) is 0.429. The monoisotopic (exact) mass is 244 g/mol. The van der Waals surface area contributed by atoms with E-state index in [0.29, 0.717) is 18.2 Å². The Morgan fingerprint density at radius 1 is 1.56 bits per heavy atom. The van der Waals surface area contributed by atoms with Crippen molar-refractivity contribution in [3.63, 3.8) is 0 Å². The standard InChI is InChI=1S/C14H16N2O2/c17-8-2-5-12-6-7-15-13(9-12)16-14(18)10-11-3-1-4-11/h6-7,9,11,17H,1,3-4,8,10H2,(H,15,16,18). The van der Waals surface area contributed by atoms with Crippen LogP contribution in [0.3, 0.4) is 0 Å². The third kappa shape index (κ3) is 3.57.